The minimum Gasteiger partial charge on any atom is -0.303 e. The standard InChI is InChI=1S/C11H14O/c1-9-5-3-6-11(10(9)2)7-4-8-12/h3,6,8H,1,4-5,7H2,2H3. The molecular formula is C11H14O. The molecule has 0 radical (unpaired) electrons. The highest BCUT2D eigenvalue weighted by Gasteiger charge is 2.06. The van der Waals surface area contributed by atoms with Gasteiger partial charge in [0.2, 0.25) is 0 Å². The van der Waals surface area contributed by atoms with Gasteiger partial charge in [-0.25, -0.2) is 0 Å². The molecule has 1 aliphatic rings. The Hall–Kier alpha value is -1.11. The average molecular weight is 162 g/mol. The van der Waals surface area contributed by atoms with Gasteiger partial charge in [-0.15, -0.1) is 0 Å². The number of hydrogen-bond donors (Lipinski definition) is 0. The quantitative estimate of drug-likeness (QED) is 0.583. The van der Waals surface area contributed by atoms with Crippen LogP contribution in [-0.2, 0) is 4.79 Å². The summed E-state index contributed by atoms with van der Waals surface area (Å²) in [6.07, 6.45) is 7.60. The molecule has 1 heteroatoms. The Morgan fingerprint density at radius 1 is 1.67 bits per heavy atom. The molecule has 0 unspecified atom stereocenters. The number of carbonyl (C=O) groups is 1. The first-order valence-electron chi connectivity index (χ1n) is 4.23. The Labute approximate surface area is 73.5 Å². The molecular weight excluding hydrogens is 148 g/mol. The fraction of sp³-hybridized carbons (Fsp3) is 0.364. The first-order valence-corrected chi connectivity index (χ1v) is 4.23. The second-order valence-electron chi connectivity index (χ2n) is 3.07. The molecule has 0 spiro atoms. The molecule has 12 heavy (non-hydrogen) atoms. The SMILES string of the molecule is C=C1CC=CC(CCC=O)=C1C. The smallest absolute Gasteiger partial charge is 0.120 e. The molecule has 0 aromatic carbocycles. The van der Waals surface area contributed by atoms with E-state index >= 15 is 0 Å². The van der Waals surface area contributed by atoms with Crippen molar-refractivity contribution in [2.45, 2.75) is 26.2 Å². The first kappa shape index (κ1) is 8.98. The van der Waals surface area contributed by atoms with Crippen molar-refractivity contribution < 1.29 is 4.79 Å². The van der Waals surface area contributed by atoms with E-state index in [0.29, 0.717) is 6.42 Å². The minimum atomic E-state index is 0.615. The molecule has 1 rings (SSSR count). The largest absolute Gasteiger partial charge is 0.303 e. The predicted octanol–water partition coefficient (Wildman–Crippen LogP) is 2.80. The van der Waals surface area contributed by atoms with Crippen molar-refractivity contribution >= 4 is 6.29 Å². The highest BCUT2D eigenvalue weighted by atomic mass is 16.1. The second kappa shape index (κ2) is 4.05. The summed E-state index contributed by atoms with van der Waals surface area (Å²) in [6, 6.07) is 0. The highest BCUT2D eigenvalue weighted by Crippen LogP contribution is 2.25. The molecule has 0 bridgehead atoms. The molecule has 1 aliphatic carbocycles. The Kier molecular flexibility index (Phi) is 3.03. The fourth-order valence-electron chi connectivity index (χ4n) is 1.33. The monoisotopic (exact) mass is 162 g/mol. The van der Waals surface area contributed by atoms with Crippen molar-refractivity contribution in [3.63, 3.8) is 0 Å². The second-order valence-corrected chi connectivity index (χ2v) is 3.07. The summed E-state index contributed by atoms with van der Waals surface area (Å²) in [7, 11) is 0. The fourth-order valence-corrected chi connectivity index (χ4v) is 1.33. The zero-order chi connectivity index (χ0) is 8.97. The lowest BCUT2D eigenvalue weighted by molar-refractivity contribution is -0.107. The lowest BCUT2D eigenvalue weighted by Gasteiger charge is -2.13. The van der Waals surface area contributed by atoms with Crippen molar-refractivity contribution in [2.75, 3.05) is 0 Å². The third kappa shape index (κ3) is 1.94. The normalized spacial score (nSPS) is 16.9. The lowest BCUT2D eigenvalue weighted by atomic mass is 9.92. The molecule has 0 atom stereocenters. The first-order chi connectivity index (χ1) is 5.75. The van der Waals surface area contributed by atoms with Gasteiger partial charge < -0.3 is 4.79 Å². The van der Waals surface area contributed by atoms with Crippen LogP contribution in [0.1, 0.15) is 26.2 Å². The summed E-state index contributed by atoms with van der Waals surface area (Å²) in [6.45, 7) is 6.03. The summed E-state index contributed by atoms with van der Waals surface area (Å²) in [5.74, 6) is 0. The van der Waals surface area contributed by atoms with Crippen LogP contribution in [0.3, 0.4) is 0 Å². The van der Waals surface area contributed by atoms with Crippen LogP contribution in [0.2, 0.25) is 0 Å². The summed E-state index contributed by atoms with van der Waals surface area (Å²) in [5.41, 5.74) is 3.70. The maximum atomic E-state index is 10.2. The summed E-state index contributed by atoms with van der Waals surface area (Å²) >= 11 is 0. The van der Waals surface area contributed by atoms with Gasteiger partial charge in [-0.3, -0.25) is 0 Å². The Bertz CT molecular complexity index is 256. The van der Waals surface area contributed by atoms with Gasteiger partial charge in [-0.05, 0) is 36.5 Å². The van der Waals surface area contributed by atoms with E-state index in [1.165, 1.54) is 16.7 Å². The number of hydrogen-bond acceptors (Lipinski definition) is 1. The number of aldehydes is 1. The Morgan fingerprint density at radius 2 is 2.42 bits per heavy atom. The van der Waals surface area contributed by atoms with Crippen LogP contribution in [0.5, 0.6) is 0 Å². The van der Waals surface area contributed by atoms with Gasteiger partial charge in [0.25, 0.3) is 0 Å². The molecule has 0 fully saturated rings. The summed E-state index contributed by atoms with van der Waals surface area (Å²) in [5, 5.41) is 0. The van der Waals surface area contributed by atoms with E-state index in [1.54, 1.807) is 0 Å². The molecule has 0 saturated heterocycles. The van der Waals surface area contributed by atoms with Crippen molar-refractivity contribution in [2.24, 2.45) is 0 Å². The van der Waals surface area contributed by atoms with E-state index < -0.39 is 0 Å². The highest BCUT2D eigenvalue weighted by molar-refractivity contribution is 5.52. The number of allylic oxidation sites excluding steroid dienone is 5. The Morgan fingerprint density at radius 3 is 3.08 bits per heavy atom. The van der Waals surface area contributed by atoms with Crippen LogP contribution in [0.15, 0.2) is 35.5 Å². The van der Waals surface area contributed by atoms with Crippen LogP contribution in [-0.4, -0.2) is 6.29 Å². The van der Waals surface area contributed by atoms with E-state index in [-0.39, 0.29) is 0 Å². The van der Waals surface area contributed by atoms with Gasteiger partial charge >= 0.3 is 0 Å². The van der Waals surface area contributed by atoms with Gasteiger partial charge in [0.1, 0.15) is 6.29 Å². The third-order valence-electron chi connectivity index (χ3n) is 2.23. The van der Waals surface area contributed by atoms with Crippen LogP contribution in [0, 0.1) is 0 Å². The molecule has 0 saturated carbocycles. The van der Waals surface area contributed by atoms with Gasteiger partial charge in [0.15, 0.2) is 0 Å². The van der Waals surface area contributed by atoms with E-state index in [4.69, 9.17) is 0 Å². The van der Waals surface area contributed by atoms with Crippen molar-refractivity contribution in [3.05, 3.63) is 35.5 Å². The average Bonchev–Trinajstić information content (AvgIpc) is 2.08. The zero-order valence-electron chi connectivity index (χ0n) is 7.47. The van der Waals surface area contributed by atoms with Gasteiger partial charge in [0, 0.05) is 6.42 Å². The van der Waals surface area contributed by atoms with E-state index in [1.807, 2.05) is 0 Å². The van der Waals surface area contributed by atoms with Crippen molar-refractivity contribution in [3.8, 4) is 0 Å². The molecule has 0 N–H and O–H groups in total. The summed E-state index contributed by atoms with van der Waals surface area (Å²) in [4.78, 5) is 10.2. The molecule has 0 aromatic rings. The molecule has 64 valence electrons. The zero-order valence-corrected chi connectivity index (χ0v) is 7.47. The van der Waals surface area contributed by atoms with Gasteiger partial charge in [-0.2, -0.15) is 0 Å². The van der Waals surface area contributed by atoms with E-state index in [2.05, 4.69) is 25.7 Å². The van der Waals surface area contributed by atoms with Crippen LogP contribution in [0.4, 0.5) is 0 Å². The maximum Gasteiger partial charge on any atom is 0.120 e. The van der Waals surface area contributed by atoms with Crippen LogP contribution in [0.25, 0.3) is 0 Å². The molecule has 0 amide bonds. The predicted molar refractivity (Wildman–Crippen MR) is 50.9 cm³/mol. The maximum absolute atomic E-state index is 10.2. The van der Waals surface area contributed by atoms with Gasteiger partial charge in [0.05, 0.1) is 0 Å². The van der Waals surface area contributed by atoms with Crippen molar-refractivity contribution in [1.82, 2.24) is 0 Å². The topological polar surface area (TPSA) is 17.1 Å². The minimum absolute atomic E-state index is 0.615. The lowest BCUT2D eigenvalue weighted by Crippen LogP contribution is -1.95. The molecule has 1 nitrogen and oxygen atoms in total. The van der Waals surface area contributed by atoms with E-state index in [9.17, 15) is 4.79 Å². The molecule has 0 aliphatic heterocycles. The van der Waals surface area contributed by atoms with Crippen molar-refractivity contribution in [1.29, 1.82) is 0 Å². The Balaban J connectivity index is 2.71. The molecule has 0 aromatic heterocycles. The molecule has 0 heterocycles. The number of carbonyl (C=O) groups excluding carboxylic acids is 1. The summed E-state index contributed by atoms with van der Waals surface area (Å²) < 4.78 is 0. The number of rotatable bonds is 3. The van der Waals surface area contributed by atoms with Gasteiger partial charge in [-0.1, -0.05) is 18.7 Å². The van der Waals surface area contributed by atoms with Crippen LogP contribution >= 0.6 is 0 Å². The third-order valence-corrected chi connectivity index (χ3v) is 2.23. The van der Waals surface area contributed by atoms with E-state index in [0.717, 1.165) is 19.1 Å². The van der Waals surface area contributed by atoms with Crippen LogP contribution < -0.4 is 0 Å².